The summed E-state index contributed by atoms with van der Waals surface area (Å²) in [5.41, 5.74) is 2.37. The predicted octanol–water partition coefficient (Wildman–Crippen LogP) is 3.99. The molecule has 2 rings (SSSR count). The van der Waals surface area contributed by atoms with Gasteiger partial charge in [0.1, 0.15) is 0 Å². The van der Waals surface area contributed by atoms with Crippen molar-refractivity contribution in [3.05, 3.63) is 58.1 Å². The van der Waals surface area contributed by atoms with Gasteiger partial charge in [0.15, 0.2) is 17.5 Å². The van der Waals surface area contributed by atoms with Gasteiger partial charge in [-0.05, 0) is 45.6 Å². The number of rotatable bonds is 7. The van der Waals surface area contributed by atoms with Gasteiger partial charge < -0.3 is 20.1 Å². The number of hydrogen-bond acceptors (Lipinski definition) is 3. The van der Waals surface area contributed by atoms with Crippen molar-refractivity contribution in [1.82, 2.24) is 10.6 Å². The Kier molecular flexibility index (Phi) is 10.4. The third kappa shape index (κ3) is 6.68. The molecule has 0 unspecified atom stereocenters. The Morgan fingerprint density at radius 2 is 1.77 bits per heavy atom. The first-order valence-corrected chi connectivity index (χ1v) is 8.86. The zero-order valence-corrected chi connectivity index (χ0v) is 19.1. The molecule has 0 bridgehead atoms. The van der Waals surface area contributed by atoms with Crippen LogP contribution in [0.2, 0.25) is 0 Å². The minimum absolute atomic E-state index is 0. The predicted molar refractivity (Wildman–Crippen MR) is 121 cm³/mol. The van der Waals surface area contributed by atoms with Gasteiger partial charge in [0.25, 0.3) is 0 Å². The third-order valence-electron chi connectivity index (χ3n) is 3.73. The monoisotopic (exact) mass is 533 g/mol. The summed E-state index contributed by atoms with van der Waals surface area (Å²) in [6.45, 7) is 1.45. The van der Waals surface area contributed by atoms with Gasteiger partial charge in [0.2, 0.25) is 0 Å². The number of guanidine groups is 1. The Labute approximate surface area is 180 Å². The first-order chi connectivity index (χ1) is 12.2. The topological polar surface area (TPSA) is 54.9 Å². The summed E-state index contributed by atoms with van der Waals surface area (Å²) in [5, 5.41) is 6.63. The zero-order valence-electron chi connectivity index (χ0n) is 15.2. The number of nitrogens with zero attached hydrogens (tertiary/aromatic N) is 1. The van der Waals surface area contributed by atoms with Crippen LogP contribution >= 0.6 is 39.9 Å². The van der Waals surface area contributed by atoms with E-state index < -0.39 is 0 Å². The molecule has 0 heterocycles. The number of hydrogen-bond donors (Lipinski definition) is 2. The number of aliphatic imine (C=N–C) groups is 1. The molecule has 0 aliphatic rings. The van der Waals surface area contributed by atoms with Crippen LogP contribution in [-0.2, 0) is 13.0 Å². The number of benzene rings is 2. The summed E-state index contributed by atoms with van der Waals surface area (Å²) in [6.07, 6.45) is 0.948. The number of methoxy groups -OCH3 is 2. The van der Waals surface area contributed by atoms with Crippen LogP contribution in [0.15, 0.2) is 51.9 Å². The fourth-order valence-electron chi connectivity index (χ4n) is 2.45. The highest BCUT2D eigenvalue weighted by Gasteiger charge is 2.10. The van der Waals surface area contributed by atoms with Gasteiger partial charge >= 0.3 is 0 Å². The van der Waals surface area contributed by atoms with Gasteiger partial charge in [-0.25, -0.2) is 0 Å². The minimum atomic E-state index is 0. The molecule has 5 nitrogen and oxygen atoms in total. The van der Waals surface area contributed by atoms with Crippen molar-refractivity contribution in [3.8, 4) is 11.5 Å². The molecule has 0 spiro atoms. The summed E-state index contributed by atoms with van der Waals surface area (Å²) in [4.78, 5) is 4.26. The quantitative estimate of drug-likeness (QED) is 0.321. The maximum Gasteiger partial charge on any atom is 0.191 e. The van der Waals surface area contributed by atoms with Gasteiger partial charge in [-0.1, -0.05) is 30.3 Å². The van der Waals surface area contributed by atoms with Crippen LogP contribution in [0.25, 0.3) is 0 Å². The van der Waals surface area contributed by atoms with Crippen LogP contribution in [0, 0.1) is 0 Å². The van der Waals surface area contributed by atoms with E-state index in [-0.39, 0.29) is 24.0 Å². The van der Waals surface area contributed by atoms with Crippen molar-refractivity contribution in [2.75, 3.05) is 27.8 Å². The van der Waals surface area contributed by atoms with Gasteiger partial charge in [0, 0.05) is 20.1 Å². The second-order valence-corrected chi connectivity index (χ2v) is 6.26. The van der Waals surface area contributed by atoms with Crippen LogP contribution in [0.5, 0.6) is 11.5 Å². The maximum absolute atomic E-state index is 5.38. The fourth-order valence-corrected chi connectivity index (χ4v) is 3.10. The highest BCUT2D eigenvalue weighted by Crippen LogP contribution is 2.36. The van der Waals surface area contributed by atoms with Gasteiger partial charge in [-0.2, -0.15) is 0 Å². The Bertz CT molecular complexity index is 711. The molecule has 142 valence electrons. The molecule has 0 amide bonds. The van der Waals surface area contributed by atoms with Crippen LogP contribution in [0.4, 0.5) is 0 Å². The molecule has 0 aliphatic heterocycles. The number of ether oxygens (including phenoxy) is 2. The molecule has 0 atom stereocenters. The van der Waals surface area contributed by atoms with Crippen LogP contribution < -0.4 is 20.1 Å². The van der Waals surface area contributed by atoms with Gasteiger partial charge in [-0.15, -0.1) is 24.0 Å². The molecule has 2 aromatic carbocycles. The Morgan fingerprint density at radius 1 is 1.04 bits per heavy atom. The maximum atomic E-state index is 5.38. The molecule has 26 heavy (non-hydrogen) atoms. The largest absolute Gasteiger partial charge is 0.493 e. The van der Waals surface area contributed by atoms with Crippen LogP contribution in [-0.4, -0.2) is 33.8 Å². The average Bonchev–Trinajstić information content (AvgIpc) is 2.64. The molecule has 0 saturated heterocycles. The van der Waals surface area contributed by atoms with E-state index in [9.17, 15) is 0 Å². The summed E-state index contributed by atoms with van der Waals surface area (Å²) in [5.74, 6) is 2.15. The molecule has 0 radical (unpaired) electrons. The van der Waals surface area contributed by atoms with Gasteiger partial charge in [0.05, 0.1) is 18.7 Å². The first kappa shape index (κ1) is 22.6. The highest BCUT2D eigenvalue weighted by atomic mass is 127. The number of halogens is 2. The van der Waals surface area contributed by atoms with E-state index in [1.165, 1.54) is 5.56 Å². The van der Waals surface area contributed by atoms with E-state index in [0.29, 0.717) is 18.0 Å². The van der Waals surface area contributed by atoms with Crippen LogP contribution in [0.1, 0.15) is 11.1 Å². The lowest BCUT2D eigenvalue weighted by Gasteiger charge is -2.14. The summed E-state index contributed by atoms with van der Waals surface area (Å²) in [6, 6.07) is 14.3. The average molecular weight is 534 g/mol. The molecular formula is C19H25BrIN3O2. The summed E-state index contributed by atoms with van der Waals surface area (Å²) < 4.78 is 11.6. The third-order valence-corrected chi connectivity index (χ3v) is 4.31. The second kappa shape index (κ2) is 12.0. The Morgan fingerprint density at radius 3 is 2.38 bits per heavy atom. The highest BCUT2D eigenvalue weighted by molar-refractivity contribution is 14.0. The Balaban J connectivity index is 0.00000338. The van der Waals surface area contributed by atoms with E-state index in [1.54, 1.807) is 21.3 Å². The van der Waals surface area contributed by atoms with E-state index in [4.69, 9.17) is 9.47 Å². The standard InChI is InChI=1S/C19H24BrN3O2.HI/c1-21-19(22-10-9-14-7-5-4-6-8-14)23-13-15-11-16(20)18(25-3)17(12-15)24-2;/h4-8,11-12H,9-10,13H2,1-3H3,(H2,21,22,23);1H. The molecule has 0 saturated carbocycles. The van der Waals surface area contributed by atoms with Crippen LogP contribution in [0.3, 0.4) is 0 Å². The van der Waals surface area contributed by atoms with Crippen molar-refractivity contribution in [1.29, 1.82) is 0 Å². The molecule has 7 heteroatoms. The van der Waals surface area contributed by atoms with E-state index in [1.807, 2.05) is 18.2 Å². The summed E-state index contributed by atoms with van der Waals surface area (Å²) in [7, 11) is 5.02. The first-order valence-electron chi connectivity index (χ1n) is 8.06. The lowest BCUT2D eigenvalue weighted by atomic mass is 10.1. The molecular weight excluding hydrogens is 509 g/mol. The van der Waals surface area contributed by atoms with Crippen molar-refractivity contribution < 1.29 is 9.47 Å². The van der Waals surface area contributed by atoms with Crippen molar-refractivity contribution in [2.45, 2.75) is 13.0 Å². The Hall–Kier alpha value is -1.48. The lowest BCUT2D eigenvalue weighted by Crippen LogP contribution is -2.37. The molecule has 2 N–H and O–H groups in total. The lowest BCUT2D eigenvalue weighted by molar-refractivity contribution is 0.352. The molecule has 0 fully saturated rings. The second-order valence-electron chi connectivity index (χ2n) is 5.40. The molecule has 0 aliphatic carbocycles. The smallest absolute Gasteiger partial charge is 0.191 e. The van der Waals surface area contributed by atoms with Crippen molar-refractivity contribution >= 4 is 45.9 Å². The number of nitrogens with one attached hydrogen (secondary N) is 2. The van der Waals surface area contributed by atoms with E-state index in [2.05, 4.69) is 55.8 Å². The fraction of sp³-hybridized carbons (Fsp3) is 0.316. The van der Waals surface area contributed by atoms with Gasteiger partial charge in [-0.3, -0.25) is 4.99 Å². The van der Waals surface area contributed by atoms with E-state index in [0.717, 1.165) is 29.0 Å². The summed E-state index contributed by atoms with van der Waals surface area (Å²) >= 11 is 3.51. The molecule has 0 aromatic heterocycles. The minimum Gasteiger partial charge on any atom is -0.493 e. The molecule has 2 aromatic rings. The zero-order chi connectivity index (χ0) is 18.1. The van der Waals surface area contributed by atoms with Crippen molar-refractivity contribution in [3.63, 3.8) is 0 Å². The van der Waals surface area contributed by atoms with E-state index >= 15 is 0 Å². The normalized spacial score (nSPS) is 10.7. The SMILES string of the molecule is CN=C(NCCc1ccccc1)NCc1cc(Br)c(OC)c(OC)c1.I. The van der Waals surface area contributed by atoms with Crippen molar-refractivity contribution in [2.24, 2.45) is 4.99 Å².